The number of benzene rings is 2. The molecular weight excluding hydrogens is 321 g/mol. The lowest BCUT2D eigenvalue weighted by Gasteiger charge is -2.06. The molecule has 108 valence electrons. The van der Waals surface area contributed by atoms with Crippen molar-refractivity contribution in [1.82, 2.24) is 0 Å². The van der Waals surface area contributed by atoms with Gasteiger partial charge in [-0.1, -0.05) is 35.3 Å². The highest BCUT2D eigenvalue weighted by atomic mass is 35.5. The van der Waals surface area contributed by atoms with E-state index in [2.05, 4.69) is 4.74 Å². The average Bonchev–Trinajstić information content (AvgIpc) is 2.41. The highest BCUT2D eigenvalue weighted by Crippen LogP contribution is 2.34. The Hall–Kier alpha value is -2.31. The van der Waals surface area contributed by atoms with Gasteiger partial charge in [-0.15, -0.1) is 0 Å². The van der Waals surface area contributed by atoms with Gasteiger partial charge in [0.2, 0.25) is 5.75 Å². The van der Waals surface area contributed by atoms with Gasteiger partial charge in [-0.05, 0) is 29.3 Å². The van der Waals surface area contributed by atoms with Gasteiger partial charge in [0.25, 0.3) is 0 Å². The summed E-state index contributed by atoms with van der Waals surface area (Å²) in [5, 5.41) is 20.2. The first-order valence-corrected chi connectivity index (χ1v) is 6.28. The van der Waals surface area contributed by atoms with Crippen molar-refractivity contribution in [1.29, 1.82) is 0 Å². The van der Waals surface area contributed by atoms with Crippen molar-refractivity contribution in [2.75, 3.05) is 0 Å². The molecule has 2 aromatic rings. The Kier molecular flexibility index (Phi) is 4.30. The first-order chi connectivity index (χ1) is 9.88. The van der Waals surface area contributed by atoms with Crippen molar-refractivity contribution < 1.29 is 19.6 Å². The van der Waals surface area contributed by atoms with Gasteiger partial charge in [0.1, 0.15) is 0 Å². The van der Waals surface area contributed by atoms with Crippen molar-refractivity contribution in [2.45, 2.75) is 0 Å². The van der Waals surface area contributed by atoms with E-state index in [-0.39, 0.29) is 5.75 Å². The number of nitro groups is 1. The largest absolute Gasteiger partial charge is 0.511 e. The van der Waals surface area contributed by atoms with Crippen LogP contribution in [0.5, 0.6) is 5.75 Å². The number of carbonyl (C=O) groups is 1. The molecule has 0 aliphatic rings. The Morgan fingerprint density at radius 3 is 2.29 bits per heavy atom. The number of hydrogen-bond acceptors (Lipinski definition) is 4. The standard InChI is InChI=1S/C13H7Cl2NO5/c14-9-3-1-7(5-10(9)15)8-2-4-12(21-13(17)18)11(6-8)16(19)20/h1-6H,(H,17,18). The molecule has 0 aromatic heterocycles. The van der Waals surface area contributed by atoms with Crippen LogP contribution in [0.25, 0.3) is 11.1 Å². The Morgan fingerprint density at radius 1 is 1.10 bits per heavy atom. The fourth-order valence-electron chi connectivity index (χ4n) is 1.70. The first-order valence-electron chi connectivity index (χ1n) is 5.53. The van der Waals surface area contributed by atoms with Crippen molar-refractivity contribution in [3.8, 4) is 16.9 Å². The van der Waals surface area contributed by atoms with E-state index < -0.39 is 16.8 Å². The van der Waals surface area contributed by atoms with E-state index in [0.29, 0.717) is 21.2 Å². The van der Waals surface area contributed by atoms with Crippen LogP contribution in [0.1, 0.15) is 0 Å². The van der Waals surface area contributed by atoms with Crippen molar-refractivity contribution in [3.63, 3.8) is 0 Å². The molecule has 0 bridgehead atoms. The maximum absolute atomic E-state index is 11.0. The molecule has 0 fully saturated rings. The Labute approximate surface area is 128 Å². The van der Waals surface area contributed by atoms with Crippen LogP contribution >= 0.6 is 23.2 Å². The summed E-state index contributed by atoms with van der Waals surface area (Å²) in [4.78, 5) is 20.8. The summed E-state index contributed by atoms with van der Waals surface area (Å²) in [5.74, 6) is -0.351. The van der Waals surface area contributed by atoms with Gasteiger partial charge in [-0.2, -0.15) is 0 Å². The monoisotopic (exact) mass is 327 g/mol. The molecule has 6 nitrogen and oxygen atoms in total. The summed E-state index contributed by atoms with van der Waals surface area (Å²) in [6, 6.07) is 8.67. The molecular formula is C13H7Cl2NO5. The van der Waals surface area contributed by atoms with E-state index in [4.69, 9.17) is 28.3 Å². The molecule has 2 rings (SSSR count). The molecule has 2 aromatic carbocycles. The third-order valence-electron chi connectivity index (χ3n) is 2.61. The van der Waals surface area contributed by atoms with Gasteiger partial charge in [0, 0.05) is 6.07 Å². The maximum Gasteiger partial charge on any atom is 0.511 e. The Morgan fingerprint density at radius 2 is 1.71 bits per heavy atom. The molecule has 0 amide bonds. The molecule has 0 spiro atoms. The van der Waals surface area contributed by atoms with Gasteiger partial charge in [-0.3, -0.25) is 10.1 Å². The molecule has 0 atom stereocenters. The Bertz CT molecular complexity index is 732. The molecule has 0 saturated heterocycles. The van der Waals surface area contributed by atoms with Crippen LogP contribution in [0.3, 0.4) is 0 Å². The van der Waals surface area contributed by atoms with Crippen LogP contribution in [-0.2, 0) is 0 Å². The Balaban J connectivity index is 2.50. The van der Waals surface area contributed by atoms with Gasteiger partial charge in [-0.25, -0.2) is 4.79 Å². The molecule has 0 aliphatic carbocycles. The van der Waals surface area contributed by atoms with Crippen LogP contribution in [-0.4, -0.2) is 16.2 Å². The smallest absolute Gasteiger partial charge is 0.449 e. The second kappa shape index (κ2) is 5.99. The molecule has 0 radical (unpaired) electrons. The predicted octanol–water partition coefficient (Wildman–Crippen LogP) is 4.63. The average molecular weight is 328 g/mol. The van der Waals surface area contributed by atoms with Gasteiger partial charge < -0.3 is 9.84 Å². The quantitative estimate of drug-likeness (QED) is 0.384. The fourth-order valence-corrected chi connectivity index (χ4v) is 1.99. The lowest BCUT2D eigenvalue weighted by molar-refractivity contribution is -0.385. The normalized spacial score (nSPS) is 10.2. The van der Waals surface area contributed by atoms with E-state index in [1.165, 1.54) is 18.2 Å². The summed E-state index contributed by atoms with van der Waals surface area (Å²) >= 11 is 11.7. The lowest BCUT2D eigenvalue weighted by Crippen LogP contribution is -2.05. The number of hydrogen-bond donors (Lipinski definition) is 1. The highest BCUT2D eigenvalue weighted by molar-refractivity contribution is 6.42. The number of rotatable bonds is 3. The second-order valence-electron chi connectivity index (χ2n) is 3.94. The summed E-state index contributed by atoms with van der Waals surface area (Å²) in [6.45, 7) is 0. The highest BCUT2D eigenvalue weighted by Gasteiger charge is 2.19. The van der Waals surface area contributed by atoms with Gasteiger partial charge >= 0.3 is 11.8 Å². The third-order valence-corrected chi connectivity index (χ3v) is 3.34. The van der Waals surface area contributed by atoms with E-state index in [9.17, 15) is 14.9 Å². The summed E-state index contributed by atoms with van der Waals surface area (Å²) in [5.41, 5.74) is 0.633. The van der Waals surface area contributed by atoms with Crippen LogP contribution in [0.15, 0.2) is 36.4 Å². The molecule has 0 saturated carbocycles. The zero-order chi connectivity index (χ0) is 15.6. The fraction of sp³-hybridized carbons (Fsp3) is 0. The number of nitrogens with zero attached hydrogens (tertiary/aromatic N) is 1. The molecule has 0 unspecified atom stereocenters. The molecule has 0 aliphatic heterocycles. The SMILES string of the molecule is O=C(O)Oc1ccc(-c2ccc(Cl)c(Cl)c2)cc1[N+](=O)[O-]. The minimum atomic E-state index is -1.62. The van der Waals surface area contributed by atoms with Crippen molar-refractivity contribution in [3.05, 3.63) is 56.6 Å². The zero-order valence-corrected chi connectivity index (χ0v) is 11.8. The van der Waals surface area contributed by atoms with E-state index in [1.54, 1.807) is 18.2 Å². The maximum atomic E-state index is 11.0. The van der Waals surface area contributed by atoms with Crippen LogP contribution < -0.4 is 4.74 Å². The minimum Gasteiger partial charge on any atom is -0.449 e. The zero-order valence-electron chi connectivity index (χ0n) is 10.2. The lowest BCUT2D eigenvalue weighted by atomic mass is 10.0. The van der Waals surface area contributed by atoms with Crippen LogP contribution in [0.2, 0.25) is 10.0 Å². The van der Waals surface area contributed by atoms with Crippen molar-refractivity contribution >= 4 is 35.0 Å². The number of ether oxygens (including phenoxy) is 1. The second-order valence-corrected chi connectivity index (χ2v) is 4.75. The minimum absolute atomic E-state index is 0.308. The summed E-state index contributed by atoms with van der Waals surface area (Å²) in [7, 11) is 0. The number of carboxylic acid groups (broad SMARTS) is 1. The van der Waals surface area contributed by atoms with Gasteiger partial charge in [0.05, 0.1) is 15.0 Å². The van der Waals surface area contributed by atoms with Gasteiger partial charge in [0.15, 0.2) is 0 Å². The first kappa shape index (κ1) is 15.1. The molecule has 1 N–H and O–H groups in total. The number of nitro benzene ring substituents is 1. The number of halogens is 2. The van der Waals surface area contributed by atoms with Crippen molar-refractivity contribution in [2.24, 2.45) is 0 Å². The third kappa shape index (κ3) is 3.42. The summed E-state index contributed by atoms with van der Waals surface area (Å²) in [6.07, 6.45) is -1.62. The topological polar surface area (TPSA) is 89.7 Å². The van der Waals surface area contributed by atoms with E-state index >= 15 is 0 Å². The summed E-state index contributed by atoms with van der Waals surface area (Å²) < 4.78 is 4.37. The van der Waals surface area contributed by atoms with Crippen LogP contribution in [0, 0.1) is 10.1 Å². The predicted molar refractivity (Wildman–Crippen MR) is 77.2 cm³/mol. The molecule has 21 heavy (non-hydrogen) atoms. The molecule has 0 heterocycles. The van der Waals surface area contributed by atoms with E-state index in [0.717, 1.165) is 0 Å². The van der Waals surface area contributed by atoms with Crippen LogP contribution in [0.4, 0.5) is 10.5 Å². The molecule has 8 heteroatoms. The van der Waals surface area contributed by atoms with E-state index in [1.807, 2.05) is 0 Å².